The zero-order chi connectivity index (χ0) is 14.0. The molecule has 2 rings (SSSR count). The highest BCUT2D eigenvalue weighted by Gasteiger charge is 2.44. The van der Waals surface area contributed by atoms with E-state index in [0.29, 0.717) is 31.5 Å². The fraction of sp³-hybridized carbons (Fsp3) is 0.467. The monoisotopic (exact) mass is 261 g/mol. The van der Waals surface area contributed by atoms with Gasteiger partial charge in [-0.15, -0.1) is 0 Å². The van der Waals surface area contributed by atoms with Gasteiger partial charge in [-0.3, -0.25) is 9.59 Å². The minimum atomic E-state index is -0.796. The highest BCUT2D eigenvalue weighted by Crippen LogP contribution is 2.35. The number of carboxylic acid groups (broad SMARTS) is 1. The van der Waals surface area contributed by atoms with E-state index in [1.165, 1.54) is 0 Å². The summed E-state index contributed by atoms with van der Waals surface area (Å²) in [4.78, 5) is 25.5. The summed E-state index contributed by atoms with van der Waals surface area (Å²) in [5, 5.41) is 9.35. The van der Waals surface area contributed by atoms with Crippen LogP contribution in [0.2, 0.25) is 0 Å². The summed E-state index contributed by atoms with van der Waals surface area (Å²) >= 11 is 0. The molecule has 1 aliphatic heterocycles. The molecule has 0 aromatic heterocycles. The highest BCUT2D eigenvalue weighted by atomic mass is 16.4. The topological polar surface area (TPSA) is 57.6 Å². The van der Waals surface area contributed by atoms with Crippen LogP contribution in [0.25, 0.3) is 0 Å². The third-order valence-electron chi connectivity index (χ3n) is 4.15. The van der Waals surface area contributed by atoms with Gasteiger partial charge in [0.05, 0.1) is 5.41 Å². The van der Waals surface area contributed by atoms with Gasteiger partial charge in [-0.1, -0.05) is 25.1 Å². The number of hydrogen-bond acceptors (Lipinski definition) is 2. The van der Waals surface area contributed by atoms with Crippen LogP contribution in [0.4, 0.5) is 0 Å². The average Bonchev–Trinajstić information content (AvgIpc) is 2.84. The van der Waals surface area contributed by atoms with Gasteiger partial charge in [-0.05, 0) is 31.4 Å². The fourth-order valence-corrected chi connectivity index (χ4v) is 2.64. The standard InChI is InChI=1S/C15H19NO3/c1-3-15(14(18)19)8-9-16(10-15)13(17)12-7-5-4-6-11(12)2/h4-7H,3,8-10H2,1-2H3,(H,18,19). The van der Waals surface area contributed by atoms with Gasteiger partial charge in [-0.2, -0.15) is 0 Å². The molecule has 1 N–H and O–H groups in total. The second-order valence-corrected chi connectivity index (χ2v) is 5.23. The van der Waals surface area contributed by atoms with Crippen LogP contribution in [-0.2, 0) is 4.79 Å². The quantitative estimate of drug-likeness (QED) is 0.908. The van der Waals surface area contributed by atoms with Crippen LogP contribution < -0.4 is 0 Å². The molecule has 0 spiro atoms. The van der Waals surface area contributed by atoms with Crippen molar-refractivity contribution in [1.29, 1.82) is 0 Å². The molecule has 0 saturated carbocycles. The Bertz CT molecular complexity index is 512. The Kier molecular flexibility index (Phi) is 3.60. The molecule has 19 heavy (non-hydrogen) atoms. The first-order chi connectivity index (χ1) is 9.00. The van der Waals surface area contributed by atoms with Gasteiger partial charge < -0.3 is 10.0 Å². The lowest BCUT2D eigenvalue weighted by Crippen LogP contribution is -2.36. The summed E-state index contributed by atoms with van der Waals surface area (Å²) in [5.74, 6) is -0.857. The first-order valence-corrected chi connectivity index (χ1v) is 6.58. The van der Waals surface area contributed by atoms with Gasteiger partial charge in [0, 0.05) is 18.7 Å². The maximum absolute atomic E-state index is 12.4. The number of likely N-dealkylation sites (tertiary alicyclic amines) is 1. The second-order valence-electron chi connectivity index (χ2n) is 5.23. The smallest absolute Gasteiger partial charge is 0.311 e. The van der Waals surface area contributed by atoms with Crippen molar-refractivity contribution < 1.29 is 14.7 Å². The molecule has 1 amide bonds. The molecular weight excluding hydrogens is 242 g/mol. The maximum Gasteiger partial charge on any atom is 0.311 e. The van der Waals surface area contributed by atoms with Crippen molar-refractivity contribution >= 4 is 11.9 Å². The van der Waals surface area contributed by atoms with Crippen LogP contribution in [0.5, 0.6) is 0 Å². The predicted octanol–water partition coefficient (Wildman–Crippen LogP) is 2.32. The summed E-state index contributed by atoms with van der Waals surface area (Å²) in [6.45, 7) is 4.60. The van der Waals surface area contributed by atoms with E-state index in [0.717, 1.165) is 5.56 Å². The van der Waals surface area contributed by atoms with Gasteiger partial charge in [0.2, 0.25) is 0 Å². The summed E-state index contributed by atoms with van der Waals surface area (Å²) in [7, 11) is 0. The molecule has 1 aromatic rings. The molecule has 1 aliphatic rings. The number of carboxylic acids is 1. The highest BCUT2D eigenvalue weighted by molar-refractivity contribution is 5.96. The normalized spacial score (nSPS) is 22.5. The Morgan fingerprint density at radius 2 is 2.05 bits per heavy atom. The number of amides is 1. The third-order valence-corrected chi connectivity index (χ3v) is 4.15. The van der Waals surface area contributed by atoms with E-state index in [1.54, 1.807) is 11.0 Å². The molecule has 4 nitrogen and oxygen atoms in total. The lowest BCUT2D eigenvalue weighted by molar-refractivity contribution is -0.148. The average molecular weight is 261 g/mol. The zero-order valence-corrected chi connectivity index (χ0v) is 11.3. The lowest BCUT2D eigenvalue weighted by Gasteiger charge is -2.23. The van der Waals surface area contributed by atoms with Crippen LogP contribution in [-0.4, -0.2) is 35.0 Å². The van der Waals surface area contributed by atoms with E-state index in [4.69, 9.17) is 0 Å². The first-order valence-electron chi connectivity index (χ1n) is 6.58. The van der Waals surface area contributed by atoms with Crippen molar-refractivity contribution in [2.24, 2.45) is 5.41 Å². The molecule has 102 valence electrons. The van der Waals surface area contributed by atoms with Crippen LogP contribution in [0.1, 0.15) is 35.7 Å². The summed E-state index contributed by atoms with van der Waals surface area (Å²) in [6.07, 6.45) is 1.09. The van der Waals surface area contributed by atoms with E-state index in [2.05, 4.69) is 0 Å². The van der Waals surface area contributed by atoms with Crippen LogP contribution in [0.3, 0.4) is 0 Å². The van der Waals surface area contributed by atoms with Gasteiger partial charge in [0.25, 0.3) is 5.91 Å². The third kappa shape index (κ3) is 2.35. The van der Waals surface area contributed by atoms with Gasteiger partial charge in [-0.25, -0.2) is 0 Å². The van der Waals surface area contributed by atoms with E-state index < -0.39 is 11.4 Å². The number of carbonyl (C=O) groups excluding carboxylic acids is 1. The predicted molar refractivity (Wildman–Crippen MR) is 72.1 cm³/mol. The Hall–Kier alpha value is -1.84. The number of nitrogens with zero attached hydrogens (tertiary/aromatic N) is 1. The van der Waals surface area contributed by atoms with Gasteiger partial charge in [0.1, 0.15) is 0 Å². The maximum atomic E-state index is 12.4. The number of hydrogen-bond donors (Lipinski definition) is 1. The van der Waals surface area contributed by atoms with E-state index in [-0.39, 0.29) is 5.91 Å². The summed E-state index contributed by atoms with van der Waals surface area (Å²) < 4.78 is 0. The molecule has 0 aliphatic carbocycles. The number of rotatable bonds is 3. The summed E-state index contributed by atoms with van der Waals surface area (Å²) in [5.41, 5.74) is 0.829. The van der Waals surface area contributed by atoms with Crippen molar-refractivity contribution in [1.82, 2.24) is 4.90 Å². The molecule has 4 heteroatoms. The molecule has 1 heterocycles. The summed E-state index contributed by atoms with van der Waals surface area (Å²) in [6, 6.07) is 7.42. The van der Waals surface area contributed by atoms with Gasteiger partial charge in [0.15, 0.2) is 0 Å². The van der Waals surface area contributed by atoms with E-state index in [1.807, 2.05) is 32.0 Å². The Balaban J connectivity index is 2.20. The molecule has 1 unspecified atom stereocenters. The Morgan fingerprint density at radius 3 is 2.58 bits per heavy atom. The van der Waals surface area contributed by atoms with Gasteiger partial charge >= 0.3 is 5.97 Å². The molecule has 0 bridgehead atoms. The van der Waals surface area contributed by atoms with E-state index >= 15 is 0 Å². The fourth-order valence-electron chi connectivity index (χ4n) is 2.64. The molecule has 0 radical (unpaired) electrons. The number of aryl methyl sites for hydroxylation is 1. The van der Waals surface area contributed by atoms with Crippen molar-refractivity contribution in [2.75, 3.05) is 13.1 Å². The number of benzene rings is 1. The largest absolute Gasteiger partial charge is 0.481 e. The zero-order valence-electron chi connectivity index (χ0n) is 11.3. The molecule has 1 saturated heterocycles. The Labute approximate surface area is 113 Å². The van der Waals surface area contributed by atoms with Crippen molar-refractivity contribution in [3.05, 3.63) is 35.4 Å². The Morgan fingerprint density at radius 1 is 1.37 bits per heavy atom. The molecule has 1 atom stereocenters. The van der Waals surface area contributed by atoms with Crippen molar-refractivity contribution in [3.63, 3.8) is 0 Å². The van der Waals surface area contributed by atoms with Crippen molar-refractivity contribution in [3.8, 4) is 0 Å². The van der Waals surface area contributed by atoms with E-state index in [9.17, 15) is 14.7 Å². The SMILES string of the molecule is CCC1(C(=O)O)CCN(C(=O)c2ccccc2C)C1. The first kappa shape index (κ1) is 13.6. The number of carbonyl (C=O) groups is 2. The molecule has 1 fully saturated rings. The minimum Gasteiger partial charge on any atom is -0.481 e. The minimum absolute atomic E-state index is 0.0605. The van der Waals surface area contributed by atoms with Crippen LogP contribution in [0, 0.1) is 12.3 Å². The molecule has 1 aromatic carbocycles. The van der Waals surface area contributed by atoms with Crippen LogP contribution >= 0.6 is 0 Å². The van der Waals surface area contributed by atoms with Crippen LogP contribution in [0.15, 0.2) is 24.3 Å². The number of aliphatic carboxylic acids is 1. The molecular formula is C15H19NO3. The lowest BCUT2D eigenvalue weighted by atomic mass is 9.84. The second kappa shape index (κ2) is 5.03. The van der Waals surface area contributed by atoms with Crippen molar-refractivity contribution in [2.45, 2.75) is 26.7 Å².